The summed E-state index contributed by atoms with van der Waals surface area (Å²) in [5.74, 6) is -0.647. The molecule has 2 saturated carbocycles. The first-order chi connectivity index (χ1) is 9.52. The van der Waals surface area contributed by atoms with Crippen LogP contribution < -0.4 is 5.32 Å². The Hall–Kier alpha value is -1.11. The second-order valence-electron chi connectivity index (χ2n) is 5.79. The van der Waals surface area contributed by atoms with Gasteiger partial charge in [0.1, 0.15) is 0 Å². The molecular formula is C13H18F3N3O. The number of nitrogens with zero attached hydrogens (tertiary/aromatic N) is 2. The predicted molar refractivity (Wildman–Crippen MR) is 64.9 cm³/mol. The van der Waals surface area contributed by atoms with E-state index in [1.54, 1.807) is 0 Å². The molecule has 0 aromatic carbocycles. The highest BCUT2D eigenvalue weighted by Crippen LogP contribution is 2.43. The van der Waals surface area contributed by atoms with Gasteiger partial charge in [-0.25, -0.2) is 0 Å². The van der Waals surface area contributed by atoms with Crippen molar-refractivity contribution in [1.29, 1.82) is 0 Å². The van der Waals surface area contributed by atoms with Crippen molar-refractivity contribution in [3.8, 4) is 0 Å². The van der Waals surface area contributed by atoms with E-state index in [1.807, 2.05) is 0 Å². The highest BCUT2D eigenvalue weighted by atomic mass is 19.4. The summed E-state index contributed by atoms with van der Waals surface area (Å²) in [4.78, 5) is 0. The summed E-state index contributed by atoms with van der Waals surface area (Å²) in [6.07, 6.45) is -0.245. The zero-order chi connectivity index (χ0) is 14.2. The smallest absolute Gasteiger partial charge is 0.391 e. The summed E-state index contributed by atoms with van der Waals surface area (Å²) in [5.41, 5.74) is 0. The van der Waals surface area contributed by atoms with Gasteiger partial charge in [0.2, 0.25) is 11.8 Å². The molecule has 0 amide bonds. The van der Waals surface area contributed by atoms with Crippen molar-refractivity contribution in [2.75, 3.05) is 0 Å². The predicted octanol–water partition coefficient (Wildman–Crippen LogP) is 3.16. The molecule has 7 heteroatoms. The van der Waals surface area contributed by atoms with Crippen LogP contribution in [0.1, 0.15) is 56.2 Å². The van der Waals surface area contributed by atoms with Gasteiger partial charge in [0.15, 0.2) is 0 Å². The SMILES string of the molecule is FC(F)(F)C1CCCC(c2nnc(CNC3CC3)o2)C1. The Kier molecular flexibility index (Phi) is 3.70. The molecule has 0 spiro atoms. The zero-order valence-electron chi connectivity index (χ0n) is 11.1. The summed E-state index contributed by atoms with van der Waals surface area (Å²) in [7, 11) is 0. The van der Waals surface area contributed by atoms with Crippen LogP contribution in [0, 0.1) is 5.92 Å². The van der Waals surface area contributed by atoms with Crippen molar-refractivity contribution < 1.29 is 17.6 Å². The summed E-state index contributed by atoms with van der Waals surface area (Å²) in [5, 5.41) is 11.1. The largest absolute Gasteiger partial charge is 0.424 e. The maximum absolute atomic E-state index is 12.8. The van der Waals surface area contributed by atoms with Crippen molar-refractivity contribution in [2.45, 2.75) is 63.2 Å². The van der Waals surface area contributed by atoms with Crippen molar-refractivity contribution in [2.24, 2.45) is 5.92 Å². The molecule has 1 aromatic rings. The van der Waals surface area contributed by atoms with E-state index in [-0.39, 0.29) is 18.8 Å². The van der Waals surface area contributed by atoms with Gasteiger partial charge in [-0.05, 0) is 32.1 Å². The Bertz CT molecular complexity index is 456. The Morgan fingerprint density at radius 3 is 2.65 bits per heavy atom. The molecule has 1 heterocycles. The van der Waals surface area contributed by atoms with Gasteiger partial charge in [0.25, 0.3) is 0 Å². The van der Waals surface area contributed by atoms with Crippen LogP contribution in [-0.4, -0.2) is 22.4 Å². The van der Waals surface area contributed by atoms with Crippen LogP contribution in [0.3, 0.4) is 0 Å². The topological polar surface area (TPSA) is 51.0 Å². The van der Waals surface area contributed by atoms with Crippen LogP contribution in [0.4, 0.5) is 13.2 Å². The van der Waals surface area contributed by atoms with Crippen LogP contribution in [0.25, 0.3) is 0 Å². The van der Waals surface area contributed by atoms with Gasteiger partial charge >= 0.3 is 6.18 Å². The fourth-order valence-corrected chi connectivity index (χ4v) is 2.73. The lowest BCUT2D eigenvalue weighted by Crippen LogP contribution is -2.28. The van der Waals surface area contributed by atoms with Gasteiger partial charge in [-0.2, -0.15) is 13.2 Å². The first kappa shape index (κ1) is 13.9. The molecule has 0 saturated heterocycles. The van der Waals surface area contributed by atoms with Crippen LogP contribution >= 0.6 is 0 Å². The molecule has 2 aliphatic rings. The highest BCUT2D eigenvalue weighted by Gasteiger charge is 2.43. The normalized spacial score (nSPS) is 27.8. The van der Waals surface area contributed by atoms with Crippen molar-refractivity contribution >= 4 is 0 Å². The molecule has 2 aliphatic carbocycles. The number of hydrogen-bond donors (Lipinski definition) is 1. The number of aromatic nitrogens is 2. The van der Waals surface area contributed by atoms with Gasteiger partial charge in [-0.3, -0.25) is 0 Å². The monoisotopic (exact) mass is 289 g/mol. The maximum atomic E-state index is 12.8. The van der Waals surface area contributed by atoms with E-state index in [4.69, 9.17) is 4.42 Å². The first-order valence-electron chi connectivity index (χ1n) is 7.15. The summed E-state index contributed by atoms with van der Waals surface area (Å²) in [6, 6.07) is 0.537. The van der Waals surface area contributed by atoms with Gasteiger partial charge in [-0.1, -0.05) is 6.42 Å². The minimum atomic E-state index is -4.12. The molecule has 1 N–H and O–H groups in total. The van der Waals surface area contributed by atoms with E-state index < -0.39 is 12.1 Å². The second kappa shape index (κ2) is 5.35. The van der Waals surface area contributed by atoms with E-state index in [9.17, 15) is 13.2 Å². The third-order valence-electron chi connectivity index (χ3n) is 4.09. The Balaban J connectivity index is 1.59. The molecule has 0 aliphatic heterocycles. The van der Waals surface area contributed by atoms with Gasteiger partial charge < -0.3 is 9.73 Å². The standard InChI is InChI=1S/C13H18F3N3O/c14-13(15,16)9-3-1-2-8(6-9)12-19-18-11(20-12)7-17-10-4-5-10/h8-10,17H,1-7H2. The van der Waals surface area contributed by atoms with E-state index in [0.29, 0.717) is 37.2 Å². The van der Waals surface area contributed by atoms with Crippen LogP contribution in [0.15, 0.2) is 4.42 Å². The lowest BCUT2D eigenvalue weighted by Gasteiger charge is -2.28. The number of hydrogen-bond acceptors (Lipinski definition) is 4. The Labute approximate surface area is 115 Å². The number of alkyl halides is 3. The molecule has 1 aromatic heterocycles. The molecule has 2 atom stereocenters. The van der Waals surface area contributed by atoms with Crippen molar-refractivity contribution in [1.82, 2.24) is 15.5 Å². The third-order valence-corrected chi connectivity index (χ3v) is 4.09. The van der Waals surface area contributed by atoms with Crippen LogP contribution in [0.5, 0.6) is 0 Å². The molecule has 4 nitrogen and oxygen atoms in total. The molecular weight excluding hydrogens is 271 g/mol. The lowest BCUT2D eigenvalue weighted by atomic mass is 9.81. The molecule has 112 valence electrons. The fraction of sp³-hybridized carbons (Fsp3) is 0.846. The van der Waals surface area contributed by atoms with E-state index in [1.165, 1.54) is 0 Å². The van der Waals surface area contributed by atoms with Gasteiger partial charge in [-0.15, -0.1) is 10.2 Å². The van der Waals surface area contributed by atoms with Gasteiger partial charge in [0.05, 0.1) is 12.5 Å². The molecule has 2 fully saturated rings. The first-order valence-corrected chi connectivity index (χ1v) is 7.15. The minimum Gasteiger partial charge on any atom is -0.424 e. The molecule has 20 heavy (non-hydrogen) atoms. The summed E-state index contributed by atoms with van der Waals surface area (Å²) >= 11 is 0. The Morgan fingerprint density at radius 2 is 1.95 bits per heavy atom. The van der Waals surface area contributed by atoms with Crippen LogP contribution in [-0.2, 0) is 6.54 Å². The average molecular weight is 289 g/mol. The van der Waals surface area contributed by atoms with Crippen LogP contribution in [0.2, 0.25) is 0 Å². The number of halogens is 3. The number of nitrogens with one attached hydrogen (secondary N) is 1. The van der Waals surface area contributed by atoms with E-state index in [0.717, 1.165) is 12.8 Å². The minimum absolute atomic E-state index is 0.0706. The zero-order valence-corrected chi connectivity index (χ0v) is 11.1. The molecule has 3 rings (SSSR count). The Morgan fingerprint density at radius 1 is 1.15 bits per heavy atom. The second-order valence-corrected chi connectivity index (χ2v) is 5.79. The third kappa shape index (κ3) is 3.31. The number of rotatable bonds is 4. The van der Waals surface area contributed by atoms with Crippen molar-refractivity contribution in [3.63, 3.8) is 0 Å². The van der Waals surface area contributed by atoms with Crippen molar-refractivity contribution in [3.05, 3.63) is 11.8 Å². The molecule has 0 bridgehead atoms. The van der Waals surface area contributed by atoms with E-state index >= 15 is 0 Å². The highest BCUT2D eigenvalue weighted by molar-refractivity contribution is 4.96. The van der Waals surface area contributed by atoms with E-state index in [2.05, 4.69) is 15.5 Å². The average Bonchev–Trinajstić information content (AvgIpc) is 3.12. The molecule has 2 unspecified atom stereocenters. The quantitative estimate of drug-likeness (QED) is 0.925. The fourth-order valence-electron chi connectivity index (χ4n) is 2.73. The molecule has 0 radical (unpaired) electrons. The van der Waals surface area contributed by atoms with Gasteiger partial charge in [0, 0.05) is 12.0 Å². The maximum Gasteiger partial charge on any atom is 0.391 e. The lowest BCUT2D eigenvalue weighted by molar-refractivity contribution is -0.183. The summed E-state index contributed by atoms with van der Waals surface area (Å²) < 4.78 is 43.8. The summed E-state index contributed by atoms with van der Waals surface area (Å²) in [6.45, 7) is 0.507.